The number of rotatable bonds is 1. The van der Waals surface area contributed by atoms with Crippen LogP contribution in [0.3, 0.4) is 0 Å². The van der Waals surface area contributed by atoms with Crippen molar-refractivity contribution in [3.05, 3.63) is 42.0 Å². The smallest absolute Gasteiger partial charge is 0.150 e. The molecule has 0 bridgehead atoms. The minimum Gasteiger partial charge on any atom is -0.298 e. The largest absolute Gasteiger partial charge is 0.298 e. The van der Waals surface area contributed by atoms with Gasteiger partial charge < -0.3 is 0 Å². The number of carbonyl (C=O) groups is 1. The fourth-order valence-electron chi connectivity index (χ4n) is 1.38. The summed E-state index contributed by atoms with van der Waals surface area (Å²) in [5, 5.41) is 2.13. The molecule has 2 heteroatoms. The summed E-state index contributed by atoms with van der Waals surface area (Å²) in [6.07, 6.45) is 0.839. The van der Waals surface area contributed by atoms with E-state index < -0.39 is 0 Å². The molecule has 0 saturated heterocycles. The van der Waals surface area contributed by atoms with Gasteiger partial charge in [-0.1, -0.05) is 24.3 Å². The van der Waals surface area contributed by atoms with Gasteiger partial charge >= 0.3 is 0 Å². The quantitative estimate of drug-likeness (QED) is 0.538. The average molecular weight is 188 g/mol. The number of thiol groups is 1. The highest BCUT2D eigenvalue weighted by Gasteiger charge is 1.99. The molecule has 0 aliphatic heterocycles. The molecule has 0 spiro atoms. The summed E-state index contributed by atoms with van der Waals surface area (Å²) in [7, 11) is 0. The van der Waals surface area contributed by atoms with E-state index >= 15 is 0 Å². The van der Waals surface area contributed by atoms with Crippen molar-refractivity contribution in [3.8, 4) is 0 Å². The van der Waals surface area contributed by atoms with Gasteiger partial charge in [0.05, 0.1) is 0 Å². The van der Waals surface area contributed by atoms with E-state index in [4.69, 9.17) is 0 Å². The third-order valence-corrected chi connectivity index (χ3v) is 2.37. The van der Waals surface area contributed by atoms with Crippen LogP contribution in [-0.4, -0.2) is 6.29 Å². The molecule has 0 fully saturated rings. The SMILES string of the molecule is O=Cc1cc(S)c2ccccc2c1. The van der Waals surface area contributed by atoms with E-state index in [9.17, 15) is 4.79 Å². The van der Waals surface area contributed by atoms with Gasteiger partial charge in [0.25, 0.3) is 0 Å². The number of benzene rings is 2. The number of aldehydes is 1. The third kappa shape index (κ3) is 1.45. The Kier molecular flexibility index (Phi) is 2.07. The van der Waals surface area contributed by atoms with Crippen LogP contribution in [0.4, 0.5) is 0 Å². The van der Waals surface area contributed by atoms with Gasteiger partial charge in [-0.25, -0.2) is 0 Å². The lowest BCUT2D eigenvalue weighted by atomic mass is 10.1. The third-order valence-electron chi connectivity index (χ3n) is 2.00. The Morgan fingerprint density at radius 1 is 1.15 bits per heavy atom. The predicted octanol–water partition coefficient (Wildman–Crippen LogP) is 2.94. The second-order valence-electron chi connectivity index (χ2n) is 2.88. The second kappa shape index (κ2) is 3.23. The van der Waals surface area contributed by atoms with Gasteiger partial charge in [-0.2, -0.15) is 0 Å². The zero-order valence-corrected chi connectivity index (χ0v) is 7.79. The Labute approximate surface area is 81.8 Å². The predicted molar refractivity (Wildman–Crippen MR) is 56.6 cm³/mol. The van der Waals surface area contributed by atoms with Gasteiger partial charge in [-0.05, 0) is 22.9 Å². The van der Waals surface area contributed by atoms with Crippen molar-refractivity contribution in [1.29, 1.82) is 0 Å². The average Bonchev–Trinajstić information content (AvgIpc) is 2.18. The highest BCUT2D eigenvalue weighted by atomic mass is 32.1. The van der Waals surface area contributed by atoms with Crippen LogP contribution >= 0.6 is 12.6 Å². The molecule has 1 nitrogen and oxygen atoms in total. The summed E-state index contributed by atoms with van der Waals surface area (Å²) in [4.78, 5) is 11.4. The molecular weight excluding hydrogens is 180 g/mol. The molecule has 0 N–H and O–H groups in total. The summed E-state index contributed by atoms with van der Waals surface area (Å²) in [5.41, 5.74) is 0.670. The Balaban J connectivity index is 2.84. The van der Waals surface area contributed by atoms with E-state index in [1.54, 1.807) is 6.07 Å². The molecule has 0 saturated carbocycles. The van der Waals surface area contributed by atoms with Crippen molar-refractivity contribution in [1.82, 2.24) is 0 Å². The zero-order chi connectivity index (χ0) is 9.26. The molecule has 0 aliphatic carbocycles. The highest BCUT2D eigenvalue weighted by molar-refractivity contribution is 7.80. The van der Waals surface area contributed by atoms with E-state index in [1.807, 2.05) is 30.3 Å². The van der Waals surface area contributed by atoms with Crippen LogP contribution in [0.1, 0.15) is 10.4 Å². The highest BCUT2D eigenvalue weighted by Crippen LogP contribution is 2.22. The lowest BCUT2D eigenvalue weighted by molar-refractivity contribution is 0.112. The Morgan fingerprint density at radius 3 is 2.69 bits per heavy atom. The van der Waals surface area contributed by atoms with E-state index in [0.29, 0.717) is 5.56 Å². The standard InChI is InChI=1S/C11H8OS/c12-7-8-5-9-3-1-2-4-10(9)11(13)6-8/h1-7,13H. The molecule has 0 aromatic heterocycles. The van der Waals surface area contributed by atoms with Gasteiger partial charge in [-0.3, -0.25) is 4.79 Å². The van der Waals surface area contributed by atoms with E-state index in [2.05, 4.69) is 12.6 Å². The Hall–Kier alpha value is -1.28. The van der Waals surface area contributed by atoms with Crippen molar-refractivity contribution >= 4 is 29.7 Å². The van der Waals surface area contributed by atoms with Crippen LogP contribution in [0.15, 0.2) is 41.3 Å². The Morgan fingerprint density at radius 2 is 1.92 bits per heavy atom. The lowest BCUT2D eigenvalue weighted by Gasteiger charge is -2.01. The van der Waals surface area contributed by atoms with E-state index in [-0.39, 0.29) is 0 Å². The van der Waals surface area contributed by atoms with Gasteiger partial charge in [0.2, 0.25) is 0 Å². The van der Waals surface area contributed by atoms with Crippen LogP contribution in [0, 0.1) is 0 Å². The maximum atomic E-state index is 10.6. The molecule has 0 aliphatic rings. The molecule has 64 valence electrons. The van der Waals surface area contributed by atoms with Gasteiger partial charge in [-0.15, -0.1) is 12.6 Å². The summed E-state index contributed by atoms with van der Waals surface area (Å²) < 4.78 is 0. The van der Waals surface area contributed by atoms with Crippen molar-refractivity contribution < 1.29 is 4.79 Å². The zero-order valence-electron chi connectivity index (χ0n) is 6.90. The van der Waals surface area contributed by atoms with Gasteiger partial charge in [0.15, 0.2) is 0 Å². The first-order chi connectivity index (χ1) is 6.31. The van der Waals surface area contributed by atoms with Crippen molar-refractivity contribution in [3.63, 3.8) is 0 Å². The first-order valence-electron chi connectivity index (χ1n) is 3.98. The molecular formula is C11H8OS. The molecule has 0 amide bonds. The maximum absolute atomic E-state index is 10.6. The van der Waals surface area contributed by atoms with E-state index in [1.165, 1.54) is 0 Å². The topological polar surface area (TPSA) is 17.1 Å². The number of fused-ring (bicyclic) bond motifs is 1. The summed E-state index contributed by atoms with van der Waals surface area (Å²) >= 11 is 4.32. The fourth-order valence-corrected chi connectivity index (χ4v) is 1.73. The molecule has 2 aromatic carbocycles. The lowest BCUT2D eigenvalue weighted by Crippen LogP contribution is -1.81. The maximum Gasteiger partial charge on any atom is 0.150 e. The molecule has 0 unspecified atom stereocenters. The van der Waals surface area contributed by atoms with Crippen molar-refractivity contribution in [2.24, 2.45) is 0 Å². The summed E-state index contributed by atoms with van der Waals surface area (Å²) in [6, 6.07) is 11.5. The van der Waals surface area contributed by atoms with Crippen molar-refractivity contribution in [2.75, 3.05) is 0 Å². The molecule has 2 aromatic rings. The molecule has 2 rings (SSSR count). The number of hydrogen-bond donors (Lipinski definition) is 1. The number of hydrogen-bond acceptors (Lipinski definition) is 2. The van der Waals surface area contributed by atoms with Gasteiger partial charge in [0, 0.05) is 10.5 Å². The first-order valence-corrected chi connectivity index (χ1v) is 4.43. The number of carbonyl (C=O) groups excluding carboxylic acids is 1. The van der Waals surface area contributed by atoms with Crippen molar-refractivity contribution in [2.45, 2.75) is 4.90 Å². The molecule has 0 radical (unpaired) electrons. The minimum atomic E-state index is 0.670. The molecule has 0 atom stereocenters. The van der Waals surface area contributed by atoms with Crippen LogP contribution in [0.2, 0.25) is 0 Å². The van der Waals surface area contributed by atoms with Crippen LogP contribution in [0.5, 0.6) is 0 Å². The normalized spacial score (nSPS) is 10.2. The molecule has 13 heavy (non-hydrogen) atoms. The summed E-state index contributed by atoms with van der Waals surface area (Å²) in [5.74, 6) is 0. The monoisotopic (exact) mass is 188 g/mol. The molecule has 0 heterocycles. The Bertz CT molecular complexity index is 463. The second-order valence-corrected chi connectivity index (χ2v) is 3.36. The van der Waals surface area contributed by atoms with Gasteiger partial charge in [0.1, 0.15) is 6.29 Å². The minimum absolute atomic E-state index is 0.670. The summed E-state index contributed by atoms with van der Waals surface area (Å²) in [6.45, 7) is 0. The first kappa shape index (κ1) is 8.32. The van der Waals surface area contributed by atoms with Crippen LogP contribution < -0.4 is 0 Å². The fraction of sp³-hybridized carbons (Fsp3) is 0. The van der Waals surface area contributed by atoms with Crippen LogP contribution in [-0.2, 0) is 0 Å². The van der Waals surface area contributed by atoms with E-state index in [0.717, 1.165) is 22.0 Å². The van der Waals surface area contributed by atoms with Crippen LogP contribution in [0.25, 0.3) is 10.8 Å².